The molecule has 0 aliphatic carbocycles. The monoisotopic (exact) mass is 178 g/mol. The third kappa shape index (κ3) is 3.63. The number of aryl methyl sites for hydroxylation is 3. The Morgan fingerprint density at radius 3 is 1.92 bits per heavy atom. The summed E-state index contributed by atoms with van der Waals surface area (Å²) in [6, 6.07) is 6.73. The van der Waals surface area contributed by atoms with Crippen LogP contribution in [0.5, 0.6) is 0 Å². The molecule has 0 aromatic heterocycles. The van der Waals surface area contributed by atoms with Gasteiger partial charge in [-0.05, 0) is 30.9 Å². The molecule has 0 bridgehead atoms. The van der Waals surface area contributed by atoms with Gasteiger partial charge in [-0.1, -0.05) is 51.5 Å². The summed E-state index contributed by atoms with van der Waals surface area (Å²) in [5.41, 5.74) is 4.38. The predicted molar refractivity (Wildman–Crippen MR) is 61.3 cm³/mol. The summed E-state index contributed by atoms with van der Waals surface area (Å²) in [4.78, 5) is 0. The van der Waals surface area contributed by atoms with Gasteiger partial charge in [0.1, 0.15) is 0 Å². The van der Waals surface area contributed by atoms with E-state index in [-0.39, 0.29) is 0 Å². The van der Waals surface area contributed by atoms with E-state index < -0.39 is 0 Å². The Balaban J connectivity index is 0.000000671. The van der Waals surface area contributed by atoms with Crippen molar-refractivity contribution in [2.24, 2.45) is 0 Å². The lowest BCUT2D eigenvalue weighted by Gasteiger charge is -2.05. The van der Waals surface area contributed by atoms with Gasteiger partial charge in [0.2, 0.25) is 0 Å². The number of benzene rings is 1. The van der Waals surface area contributed by atoms with Crippen LogP contribution in [0.2, 0.25) is 0 Å². The largest absolute Gasteiger partial charge is 0.0683 e. The first kappa shape index (κ1) is 12.2. The van der Waals surface area contributed by atoms with Crippen molar-refractivity contribution in [2.45, 2.75) is 47.5 Å². The Hall–Kier alpha value is -0.780. The standard InChI is InChI=1S/C11H16.C2H6/c1-4-10-7-6-9(3)8-11(10)5-2;1-2/h6-8H,4-5H2,1-3H3;1-2H3. The van der Waals surface area contributed by atoms with E-state index in [0.29, 0.717) is 0 Å². The van der Waals surface area contributed by atoms with E-state index in [0.717, 1.165) is 12.8 Å². The summed E-state index contributed by atoms with van der Waals surface area (Å²) in [6.45, 7) is 10.6. The van der Waals surface area contributed by atoms with Crippen LogP contribution in [0.4, 0.5) is 0 Å². The summed E-state index contributed by atoms with van der Waals surface area (Å²) in [6.07, 6.45) is 2.31. The molecule has 1 aromatic rings. The highest BCUT2D eigenvalue weighted by Gasteiger charge is 1.96. The Morgan fingerprint density at radius 1 is 0.923 bits per heavy atom. The lowest BCUT2D eigenvalue weighted by molar-refractivity contribution is 1.03. The first-order chi connectivity index (χ1) is 6.27. The van der Waals surface area contributed by atoms with E-state index in [4.69, 9.17) is 0 Å². The van der Waals surface area contributed by atoms with Gasteiger partial charge in [-0.2, -0.15) is 0 Å². The Labute approximate surface area is 83.0 Å². The Morgan fingerprint density at radius 2 is 1.46 bits per heavy atom. The molecule has 0 heteroatoms. The first-order valence-electron chi connectivity index (χ1n) is 5.36. The highest BCUT2D eigenvalue weighted by atomic mass is 14.0. The third-order valence-electron chi connectivity index (χ3n) is 2.12. The van der Waals surface area contributed by atoms with Crippen LogP contribution < -0.4 is 0 Å². The predicted octanol–water partition coefficient (Wildman–Crippen LogP) is 4.15. The third-order valence-corrected chi connectivity index (χ3v) is 2.12. The van der Waals surface area contributed by atoms with E-state index in [1.165, 1.54) is 16.7 Å². The topological polar surface area (TPSA) is 0 Å². The van der Waals surface area contributed by atoms with E-state index >= 15 is 0 Å². The second-order valence-corrected chi connectivity index (χ2v) is 2.98. The molecule has 0 nitrogen and oxygen atoms in total. The van der Waals surface area contributed by atoms with Crippen molar-refractivity contribution in [3.05, 3.63) is 34.9 Å². The van der Waals surface area contributed by atoms with Crippen molar-refractivity contribution in [1.82, 2.24) is 0 Å². The number of hydrogen-bond acceptors (Lipinski definition) is 0. The summed E-state index contributed by atoms with van der Waals surface area (Å²) in [5, 5.41) is 0. The average Bonchev–Trinajstić information content (AvgIpc) is 2.20. The van der Waals surface area contributed by atoms with E-state index in [1.807, 2.05) is 13.8 Å². The summed E-state index contributed by atoms with van der Waals surface area (Å²) in [7, 11) is 0. The molecule has 0 saturated carbocycles. The molecule has 0 aliphatic rings. The van der Waals surface area contributed by atoms with Gasteiger partial charge in [0.05, 0.1) is 0 Å². The number of rotatable bonds is 2. The van der Waals surface area contributed by atoms with Crippen LogP contribution in [-0.4, -0.2) is 0 Å². The minimum Gasteiger partial charge on any atom is -0.0683 e. The van der Waals surface area contributed by atoms with Crippen LogP contribution in [0.1, 0.15) is 44.4 Å². The second kappa shape index (κ2) is 6.71. The molecule has 0 fully saturated rings. The molecule has 13 heavy (non-hydrogen) atoms. The van der Waals surface area contributed by atoms with Crippen LogP contribution in [0.15, 0.2) is 18.2 Å². The van der Waals surface area contributed by atoms with Crippen molar-refractivity contribution in [3.8, 4) is 0 Å². The van der Waals surface area contributed by atoms with Crippen LogP contribution >= 0.6 is 0 Å². The highest BCUT2D eigenvalue weighted by molar-refractivity contribution is 5.31. The van der Waals surface area contributed by atoms with Crippen LogP contribution in [0.25, 0.3) is 0 Å². The molecular weight excluding hydrogens is 156 g/mol. The molecule has 0 heterocycles. The molecule has 1 rings (SSSR count). The Bertz CT molecular complexity index is 236. The average molecular weight is 178 g/mol. The lowest BCUT2D eigenvalue weighted by Crippen LogP contribution is -1.90. The quantitative estimate of drug-likeness (QED) is 0.638. The molecular formula is C13H22. The van der Waals surface area contributed by atoms with Crippen LogP contribution in [0.3, 0.4) is 0 Å². The molecule has 0 aliphatic heterocycles. The molecule has 0 N–H and O–H groups in total. The fourth-order valence-corrected chi connectivity index (χ4v) is 1.43. The fraction of sp³-hybridized carbons (Fsp3) is 0.538. The van der Waals surface area contributed by atoms with Gasteiger partial charge in [0, 0.05) is 0 Å². The molecule has 0 saturated heterocycles. The zero-order valence-electron chi connectivity index (χ0n) is 9.65. The fourth-order valence-electron chi connectivity index (χ4n) is 1.43. The van der Waals surface area contributed by atoms with Crippen LogP contribution in [0, 0.1) is 6.92 Å². The van der Waals surface area contributed by atoms with Crippen molar-refractivity contribution in [2.75, 3.05) is 0 Å². The molecule has 0 spiro atoms. The summed E-state index contributed by atoms with van der Waals surface area (Å²) < 4.78 is 0. The SMILES string of the molecule is CC.CCc1ccc(C)cc1CC. The molecule has 0 radical (unpaired) electrons. The maximum absolute atomic E-state index is 2.29. The molecule has 1 aromatic carbocycles. The second-order valence-electron chi connectivity index (χ2n) is 2.98. The zero-order valence-corrected chi connectivity index (χ0v) is 9.65. The van der Waals surface area contributed by atoms with Gasteiger partial charge < -0.3 is 0 Å². The highest BCUT2D eigenvalue weighted by Crippen LogP contribution is 2.12. The van der Waals surface area contributed by atoms with Crippen molar-refractivity contribution in [1.29, 1.82) is 0 Å². The summed E-state index contributed by atoms with van der Waals surface area (Å²) in [5.74, 6) is 0. The van der Waals surface area contributed by atoms with Gasteiger partial charge in [0.25, 0.3) is 0 Å². The molecule has 0 atom stereocenters. The van der Waals surface area contributed by atoms with Gasteiger partial charge in [-0.25, -0.2) is 0 Å². The maximum atomic E-state index is 2.29. The van der Waals surface area contributed by atoms with Gasteiger partial charge in [0.15, 0.2) is 0 Å². The maximum Gasteiger partial charge on any atom is -0.0305 e. The Kier molecular flexibility index (Phi) is 6.30. The molecule has 0 amide bonds. The summed E-state index contributed by atoms with van der Waals surface area (Å²) >= 11 is 0. The van der Waals surface area contributed by atoms with Crippen molar-refractivity contribution < 1.29 is 0 Å². The van der Waals surface area contributed by atoms with Crippen LogP contribution in [-0.2, 0) is 12.8 Å². The van der Waals surface area contributed by atoms with Gasteiger partial charge in [-0.3, -0.25) is 0 Å². The zero-order chi connectivity index (χ0) is 10.3. The minimum atomic E-state index is 1.16. The molecule has 74 valence electrons. The normalized spacial score (nSPS) is 9.00. The first-order valence-corrected chi connectivity index (χ1v) is 5.36. The molecule has 0 unspecified atom stereocenters. The lowest BCUT2D eigenvalue weighted by atomic mass is 10.0. The minimum absolute atomic E-state index is 1.16. The van der Waals surface area contributed by atoms with Gasteiger partial charge >= 0.3 is 0 Å². The van der Waals surface area contributed by atoms with E-state index in [2.05, 4.69) is 39.0 Å². The van der Waals surface area contributed by atoms with E-state index in [9.17, 15) is 0 Å². The van der Waals surface area contributed by atoms with Crippen molar-refractivity contribution >= 4 is 0 Å². The smallest absolute Gasteiger partial charge is 0.0305 e. The number of hydrogen-bond donors (Lipinski definition) is 0. The van der Waals surface area contributed by atoms with E-state index in [1.54, 1.807) is 0 Å². The van der Waals surface area contributed by atoms with Crippen molar-refractivity contribution in [3.63, 3.8) is 0 Å². The van der Waals surface area contributed by atoms with Gasteiger partial charge in [-0.15, -0.1) is 0 Å².